The second-order valence-corrected chi connectivity index (χ2v) is 9.60. The van der Waals surface area contributed by atoms with Crippen molar-refractivity contribution in [2.75, 3.05) is 11.9 Å². The van der Waals surface area contributed by atoms with E-state index in [4.69, 9.17) is 16.6 Å². The minimum Gasteiger partial charge on any atom is -0.459 e. The van der Waals surface area contributed by atoms with Crippen molar-refractivity contribution in [2.45, 2.75) is 18.5 Å². The lowest BCUT2D eigenvalue weighted by atomic mass is 10.0. The van der Waals surface area contributed by atoms with E-state index in [1.54, 1.807) is 6.20 Å². The summed E-state index contributed by atoms with van der Waals surface area (Å²) in [6, 6.07) is 33.3. The number of carbonyl (C=O) groups is 1. The van der Waals surface area contributed by atoms with Crippen LogP contribution < -0.4 is 10.6 Å². The zero-order valence-corrected chi connectivity index (χ0v) is 21.4. The summed E-state index contributed by atoms with van der Waals surface area (Å²) in [7, 11) is 0. The lowest BCUT2D eigenvalue weighted by Gasteiger charge is -2.26. The topological polar surface area (TPSA) is 70.4 Å². The van der Waals surface area contributed by atoms with Crippen LogP contribution >= 0.6 is 12.2 Å². The van der Waals surface area contributed by atoms with Crippen LogP contribution in [0.15, 0.2) is 114 Å². The zero-order chi connectivity index (χ0) is 25.9. The monoisotopic (exact) mass is 518 g/mol. The minimum atomic E-state index is -0.250. The van der Waals surface area contributed by atoms with Gasteiger partial charge in [-0.3, -0.25) is 9.78 Å². The van der Waals surface area contributed by atoms with Crippen molar-refractivity contribution in [3.8, 4) is 11.3 Å². The molecular weight excluding hydrogens is 492 g/mol. The summed E-state index contributed by atoms with van der Waals surface area (Å²) in [6.45, 7) is 0.428. The Morgan fingerprint density at radius 3 is 2.55 bits per heavy atom. The molecule has 1 aliphatic heterocycles. The van der Waals surface area contributed by atoms with Gasteiger partial charge in [0.15, 0.2) is 5.11 Å². The highest BCUT2D eigenvalue weighted by molar-refractivity contribution is 7.80. The zero-order valence-electron chi connectivity index (χ0n) is 20.6. The number of nitrogens with one attached hydrogen (secondary N) is 2. The molecule has 3 heterocycles. The number of carbonyl (C=O) groups excluding carboxylic acids is 1. The van der Waals surface area contributed by atoms with E-state index in [1.807, 2.05) is 108 Å². The Bertz CT molecular complexity index is 1580. The summed E-state index contributed by atoms with van der Waals surface area (Å²) in [5.41, 5.74) is 2.67. The highest BCUT2D eigenvalue weighted by atomic mass is 32.1. The smallest absolute Gasteiger partial charge is 0.226 e. The number of amides is 1. The second-order valence-electron chi connectivity index (χ2n) is 9.21. The van der Waals surface area contributed by atoms with Crippen LogP contribution in [0.3, 0.4) is 0 Å². The molecule has 0 radical (unpaired) electrons. The molecule has 38 heavy (non-hydrogen) atoms. The van der Waals surface area contributed by atoms with Crippen LogP contribution in [0.5, 0.6) is 0 Å². The number of hydrogen-bond donors (Lipinski definition) is 2. The van der Waals surface area contributed by atoms with Gasteiger partial charge in [0.25, 0.3) is 0 Å². The number of furan rings is 1. The molecule has 2 N–H and O–H groups in total. The second kappa shape index (κ2) is 10.5. The number of fused-ring (bicyclic) bond motifs is 1. The number of aromatic nitrogens is 1. The van der Waals surface area contributed by atoms with Crippen molar-refractivity contribution >= 4 is 39.7 Å². The van der Waals surface area contributed by atoms with Crippen molar-refractivity contribution in [3.05, 3.63) is 121 Å². The van der Waals surface area contributed by atoms with Gasteiger partial charge in [0.05, 0.1) is 11.7 Å². The number of rotatable bonds is 7. The first-order valence-corrected chi connectivity index (χ1v) is 13.0. The quantitative estimate of drug-likeness (QED) is 0.240. The molecule has 6 nitrogen and oxygen atoms in total. The highest BCUT2D eigenvalue weighted by Gasteiger charge is 2.41. The van der Waals surface area contributed by atoms with Gasteiger partial charge in [0.2, 0.25) is 5.91 Å². The summed E-state index contributed by atoms with van der Waals surface area (Å²) in [6.07, 6.45) is 2.04. The summed E-state index contributed by atoms with van der Waals surface area (Å²) < 4.78 is 6.36. The Balaban J connectivity index is 1.25. The average Bonchev–Trinajstić information content (AvgIpc) is 3.57. The molecule has 0 spiro atoms. The first kappa shape index (κ1) is 23.9. The molecule has 6 rings (SSSR count). The molecule has 0 saturated carbocycles. The van der Waals surface area contributed by atoms with E-state index in [0.717, 1.165) is 39.2 Å². The van der Waals surface area contributed by atoms with Gasteiger partial charge in [0.1, 0.15) is 17.6 Å². The fourth-order valence-electron chi connectivity index (χ4n) is 4.99. The predicted molar refractivity (Wildman–Crippen MR) is 153 cm³/mol. The van der Waals surface area contributed by atoms with E-state index in [1.165, 1.54) is 0 Å². The van der Waals surface area contributed by atoms with E-state index in [9.17, 15) is 4.79 Å². The molecule has 7 heteroatoms. The Hall–Kier alpha value is -4.49. The Morgan fingerprint density at radius 1 is 0.921 bits per heavy atom. The minimum absolute atomic E-state index is 0.0754. The van der Waals surface area contributed by atoms with Gasteiger partial charge in [-0.15, -0.1) is 0 Å². The number of benzene rings is 3. The van der Waals surface area contributed by atoms with Crippen LogP contribution in [0.2, 0.25) is 0 Å². The first-order valence-electron chi connectivity index (χ1n) is 12.6. The Labute approximate surface area is 226 Å². The standard InChI is InChI=1S/C31H26N4O2S/c36-28(33-24-15-8-12-21-9-4-5-13-23(21)24)18-20-35-30(29(34-31(35)38)25-14-6-7-19-32-25)27-17-16-26(37-27)22-10-2-1-3-11-22/h1-17,19,29-30H,18,20H2,(H,33,36)(H,34,38)/t29-,30-/m1/s1. The number of anilines is 1. The van der Waals surface area contributed by atoms with Crippen LogP contribution in [0, 0.1) is 0 Å². The van der Waals surface area contributed by atoms with Crippen LogP contribution in [0.1, 0.15) is 30.0 Å². The van der Waals surface area contributed by atoms with Crippen molar-refractivity contribution in [1.82, 2.24) is 15.2 Å². The van der Waals surface area contributed by atoms with Gasteiger partial charge < -0.3 is 20.0 Å². The Kier molecular flexibility index (Phi) is 6.58. The molecule has 1 fully saturated rings. The third kappa shape index (κ3) is 4.76. The molecule has 0 bridgehead atoms. The SMILES string of the molecule is O=C(CCN1C(=S)N[C@H](c2ccccn2)[C@H]1c1ccc(-c2ccccc2)o1)Nc1cccc2ccccc12. The molecule has 1 amide bonds. The molecular formula is C31H26N4O2S. The maximum absolute atomic E-state index is 13.1. The lowest BCUT2D eigenvalue weighted by molar-refractivity contribution is -0.116. The van der Waals surface area contributed by atoms with Crippen LogP contribution in [-0.4, -0.2) is 27.4 Å². The van der Waals surface area contributed by atoms with Gasteiger partial charge in [-0.05, 0) is 47.9 Å². The van der Waals surface area contributed by atoms with E-state index in [0.29, 0.717) is 11.7 Å². The first-order chi connectivity index (χ1) is 18.7. The fraction of sp³-hybridized carbons (Fsp3) is 0.129. The highest BCUT2D eigenvalue weighted by Crippen LogP contribution is 2.40. The van der Waals surface area contributed by atoms with E-state index in [2.05, 4.69) is 15.6 Å². The summed E-state index contributed by atoms with van der Waals surface area (Å²) in [5.74, 6) is 1.47. The van der Waals surface area contributed by atoms with Gasteiger partial charge >= 0.3 is 0 Å². The van der Waals surface area contributed by atoms with Crippen LogP contribution in [0.25, 0.3) is 22.1 Å². The molecule has 3 aromatic carbocycles. The lowest BCUT2D eigenvalue weighted by Crippen LogP contribution is -2.32. The molecule has 0 unspecified atom stereocenters. The van der Waals surface area contributed by atoms with Gasteiger partial charge in [-0.25, -0.2) is 0 Å². The molecule has 2 atom stereocenters. The third-order valence-electron chi connectivity index (χ3n) is 6.82. The largest absolute Gasteiger partial charge is 0.459 e. The van der Waals surface area contributed by atoms with Crippen molar-refractivity contribution in [3.63, 3.8) is 0 Å². The molecule has 0 aliphatic carbocycles. The number of hydrogen-bond acceptors (Lipinski definition) is 4. The Morgan fingerprint density at radius 2 is 1.71 bits per heavy atom. The summed E-state index contributed by atoms with van der Waals surface area (Å²) >= 11 is 5.75. The molecule has 1 saturated heterocycles. The van der Waals surface area contributed by atoms with Crippen molar-refractivity contribution in [2.24, 2.45) is 0 Å². The maximum Gasteiger partial charge on any atom is 0.226 e. The van der Waals surface area contributed by atoms with Crippen molar-refractivity contribution in [1.29, 1.82) is 0 Å². The average molecular weight is 519 g/mol. The van der Waals surface area contributed by atoms with Gasteiger partial charge in [-0.2, -0.15) is 0 Å². The fourth-order valence-corrected chi connectivity index (χ4v) is 5.33. The third-order valence-corrected chi connectivity index (χ3v) is 7.17. The molecule has 5 aromatic rings. The normalized spacial score (nSPS) is 16.9. The van der Waals surface area contributed by atoms with Gasteiger partial charge in [0, 0.05) is 35.8 Å². The number of nitrogens with zero attached hydrogens (tertiary/aromatic N) is 2. The van der Waals surface area contributed by atoms with Crippen LogP contribution in [0.4, 0.5) is 5.69 Å². The predicted octanol–water partition coefficient (Wildman–Crippen LogP) is 6.50. The summed E-state index contributed by atoms with van der Waals surface area (Å²) in [4.78, 5) is 19.7. The van der Waals surface area contributed by atoms with E-state index in [-0.39, 0.29) is 24.4 Å². The molecule has 2 aromatic heterocycles. The number of thiocarbonyl (C=S) groups is 1. The maximum atomic E-state index is 13.1. The van der Waals surface area contributed by atoms with E-state index < -0.39 is 0 Å². The molecule has 188 valence electrons. The summed E-state index contributed by atoms with van der Waals surface area (Å²) in [5, 5.41) is 9.17. The number of pyridine rings is 1. The van der Waals surface area contributed by atoms with E-state index >= 15 is 0 Å². The van der Waals surface area contributed by atoms with Crippen LogP contribution in [-0.2, 0) is 4.79 Å². The molecule has 1 aliphatic rings. The van der Waals surface area contributed by atoms with Gasteiger partial charge in [-0.1, -0.05) is 72.8 Å². The van der Waals surface area contributed by atoms with Crippen molar-refractivity contribution < 1.29 is 9.21 Å².